The summed E-state index contributed by atoms with van der Waals surface area (Å²) in [5.74, 6) is 0.196. The Balaban J connectivity index is 1.73. The second-order valence-electron chi connectivity index (χ2n) is 7.25. The lowest BCUT2D eigenvalue weighted by Gasteiger charge is -2.31. The number of rotatable bonds is 6. The fourth-order valence-corrected chi connectivity index (χ4v) is 4.55. The molecule has 0 bridgehead atoms. The average molecular weight is 378 g/mol. The third kappa shape index (κ3) is 4.19. The number of carbonyl (C=O) groups is 1. The van der Waals surface area contributed by atoms with Crippen LogP contribution in [0, 0.1) is 11.3 Å². The Morgan fingerprint density at radius 1 is 1.24 bits per heavy atom. The molecule has 1 aliphatic heterocycles. The Morgan fingerprint density at radius 3 is 2.68 bits per heavy atom. The fraction of sp³-hybridized carbons (Fsp3) is 0.476. The van der Waals surface area contributed by atoms with Crippen LogP contribution in [0.25, 0.3) is 0 Å². The summed E-state index contributed by atoms with van der Waals surface area (Å²) in [6, 6.07) is 10.5. The van der Waals surface area contributed by atoms with Gasteiger partial charge in [-0.25, -0.2) is 0 Å². The Bertz CT molecular complexity index is 682. The summed E-state index contributed by atoms with van der Waals surface area (Å²) in [6.45, 7) is 4.89. The topological polar surface area (TPSA) is 20.3 Å². The van der Waals surface area contributed by atoms with Crippen LogP contribution in [0.1, 0.15) is 38.2 Å². The molecule has 0 saturated carbocycles. The molecule has 0 radical (unpaired) electrons. The van der Waals surface area contributed by atoms with Crippen molar-refractivity contribution < 1.29 is 4.79 Å². The van der Waals surface area contributed by atoms with Crippen LogP contribution in [0.5, 0.6) is 0 Å². The number of likely N-dealkylation sites (tertiary alicyclic amines) is 1. The van der Waals surface area contributed by atoms with E-state index in [-0.39, 0.29) is 11.3 Å². The lowest BCUT2D eigenvalue weighted by molar-refractivity contribution is -0.131. The SMILES string of the molecule is CCCC1(C(=O)C2C=C(Cl)C(Cl)=CC2)CCN(Cc2ccccc2)C1. The number of hydrogen-bond donors (Lipinski definition) is 0. The van der Waals surface area contributed by atoms with Crippen LogP contribution in [0.15, 0.2) is 52.5 Å². The first kappa shape index (κ1) is 18.7. The van der Waals surface area contributed by atoms with Crippen molar-refractivity contribution in [1.29, 1.82) is 0 Å². The number of nitrogens with zero attached hydrogens (tertiary/aromatic N) is 1. The monoisotopic (exact) mass is 377 g/mol. The van der Waals surface area contributed by atoms with Gasteiger partial charge in [0.25, 0.3) is 0 Å². The van der Waals surface area contributed by atoms with Gasteiger partial charge in [-0.3, -0.25) is 9.69 Å². The summed E-state index contributed by atoms with van der Waals surface area (Å²) in [7, 11) is 0. The van der Waals surface area contributed by atoms with Gasteiger partial charge < -0.3 is 0 Å². The standard InChI is InChI=1S/C21H25Cl2NO/c1-2-10-21(20(25)17-8-9-18(22)19(23)13-17)11-12-24(15-21)14-16-6-4-3-5-7-16/h3-7,9,13,17H,2,8,10-12,14-15H2,1H3. The highest BCUT2D eigenvalue weighted by molar-refractivity contribution is 6.44. The van der Waals surface area contributed by atoms with E-state index in [1.807, 2.05) is 18.2 Å². The van der Waals surface area contributed by atoms with Gasteiger partial charge in [0, 0.05) is 24.4 Å². The molecular weight excluding hydrogens is 353 g/mol. The first-order valence-electron chi connectivity index (χ1n) is 9.08. The Hall–Kier alpha value is -1.09. The lowest BCUT2D eigenvalue weighted by atomic mass is 9.72. The average Bonchev–Trinajstić information content (AvgIpc) is 3.02. The van der Waals surface area contributed by atoms with Crippen molar-refractivity contribution in [3.8, 4) is 0 Å². The molecule has 0 amide bonds. The van der Waals surface area contributed by atoms with E-state index in [0.29, 0.717) is 22.3 Å². The van der Waals surface area contributed by atoms with Crippen LogP contribution in [-0.2, 0) is 11.3 Å². The van der Waals surface area contributed by atoms with E-state index in [2.05, 4.69) is 36.1 Å². The van der Waals surface area contributed by atoms with Gasteiger partial charge in [-0.1, -0.05) is 79.0 Å². The largest absolute Gasteiger partial charge is 0.298 e. The van der Waals surface area contributed by atoms with Crippen molar-refractivity contribution in [1.82, 2.24) is 4.90 Å². The number of benzene rings is 1. The minimum Gasteiger partial charge on any atom is -0.298 e. The highest BCUT2D eigenvalue weighted by Crippen LogP contribution is 2.41. The van der Waals surface area contributed by atoms with E-state index < -0.39 is 0 Å². The molecule has 134 valence electrons. The van der Waals surface area contributed by atoms with Crippen molar-refractivity contribution >= 4 is 29.0 Å². The first-order valence-corrected chi connectivity index (χ1v) is 9.83. The molecule has 1 aliphatic carbocycles. The molecular formula is C21H25Cl2NO. The van der Waals surface area contributed by atoms with Gasteiger partial charge in [-0.15, -0.1) is 0 Å². The molecule has 0 aromatic heterocycles. The maximum Gasteiger partial charge on any atom is 0.147 e. The fourth-order valence-electron chi connectivity index (χ4n) is 4.17. The highest BCUT2D eigenvalue weighted by atomic mass is 35.5. The minimum absolute atomic E-state index is 0.141. The smallest absolute Gasteiger partial charge is 0.147 e. The van der Waals surface area contributed by atoms with Gasteiger partial charge in [0.15, 0.2) is 0 Å². The number of carbonyl (C=O) groups excluding carboxylic acids is 1. The van der Waals surface area contributed by atoms with Crippen molar-refractivity contribution in [3.63, 3.8) is 0 Å². The van der Waals surface area contributed by atoms with E-state index in [1.54, 1.807) is 0 Å². The predicted molar refractivity (Wildman–Crippen MR) is 105 cm³/mol. The number of ketones is 1. The maximum atomic E-state index is 13.4. The van der Waals surface area contributed by atoms with E-state index in [9.17, 15) is 4.79 Å². The van der Waals surface area contributed by atoms with Crippen LogP contribution in [0.2, 0.25) is 0 Å². The molecule has 4 heteroatoms. The Labute approximate surface area is 160 Å². The molecule has 1 aromatic rings. The zero-order valence-electron chi connectivity index (χ0n) is 14.7. The molecule has 1 fully saturated rings. The molecule has 2 unspecified atom stereocenters. The molecule has 0 spiro atoms. The molecule has 2 aliphatic rings. The maximum absolute atomic E-state index is 13.4. The molecule has 0 N–H and O–H groups in total. The van der Waals surface area contributed by atoms with Crippen molar-refractivity contribution in [2.45, 2.75) is 39.2 Å². The third-order valence-corrected chi connectivity index (χ3v) is 6.18. The van der Waals surface area contributed by atoms with Crippen LogP contribution < -0.4 is 0 Å². The zero-order chi connectivity index (χ0) is 17.9. The number of halogens is 2. The minimum atomic E-state index is -0.250. The van der Waals surface area contributed by atoms with Gasteiger partial charge in [0.1, 0.15) is 5.78 Å². The first-order chi connectivity index (χ1) is 12.0. The van der Waals surface area contributed by atoms with Crippen molar-refractivity contribution in [2.24, 2.45) is 11.3 Å². The Kier molecular flexibility index (Phi) is 6.04. The highest BCUT2D eigenvalue weighted by Gasteiger charge is 2.45. The summed E-state index contributed by atoms with van der Waals surface area (Å²) in [5.41, 5.74) is 1.05. The molecule has 2 nitrogen and oxygen atoms in total. The number of hydrogen-bond acceptors (Lipinski definition) is 2. The van der Waals surface area contributed by atoms with E-state index in [1.165, 1.54) is 5.56 Å². The van der Waals surface area contributed by atoms with Crippen LogP contribution in [0.3, 0.4) is 0 Å². The summed E-state index contributed by atoms with van der Waals surface area (Å²) >= 11 is 12.2. The van der Waals surface area contributed by atoms with Crippen LogP contribution in [-0.4, -0.2) is 23.8 Å². The quantitative estimate of drug-likeness (QED) is 0.650. The zero-order valence-corrected chi connectivity index (χ0v) is 16.2. The molecule has 1 heterocycles. The van der Waals surface area contributed by atoms with Gasteiger partial charge in [0.2, 0.25) is 0 Å². The second kappa shape index (κ2) is 8.07. The summed E-state index contributed by atoms with van der Waals surface area (Å²) in [6.07, 6.45) is 7.29. The lowest BCUT2D eigenvalue weighted by Crippen LogP contribution is -2.38. The van der Waals surface area contributed by atoms with E-state index in [4.69, 9.17) is 23.2 Å². The van der Waals surface area contributed by atoms with E-state index in [0.717, 1.165) is 38.9 Å². The van der Waals surface area contributed by atoms with Gasteiger partial charge in [0.05, 0.1) is 10.1 Å². The molecule has 1 aromatic carbocycles. The predicted octanol–water partition coefficient (Wildman–Crippen LogP) is 5.51. The number of allylic oxidation sites excluding steroid dienone is 4. The molecule has 25 heavy (non-hydrogen) atoms. The van der Waals surface area contributed by atoms with Gasteiger partial charge in [-0.2, -0.15) is 0 Å². The molecule has 1 saturated heterocycles. The third-order valence-electron chi connectivity index (χ3n) is 5.40. The van der Waals surface area contributed by atoms with Gasteiger partial charge in [-0.05, 0) is 31.4 Å². The van der Waals surface area contributed by atoms with Crippen LogP contribution in [0.4, 0.5) is 0 Å². The summed E-state index contributed by atoms with van der Waals surface area (Å²) < 4.78 is 0. The normalized spacial score (nSPS) is 27.1. The summed E-state index contributed by atoms with van der Waals surface area (Å²) in [5, 5.41) is 1.07. The van der Waals surface area contributed by atoms with Crippen molar-refractivity contribution in [2.75, 3.05) is 13.1 Å². The molecule has 2 atom stereocenters. The number of Topliss-reactive ketones (excluding diaryl/α,β-unsaturated/α-hetero) is 1. The Morgan fingerprint density at radius 2 is 2.00 bits per heavy atom. The van der Waals surface area contributed by atoms with Crippen LogP contribution >= 0.6 is 23.2 Å². The molecule has 3 rings (SSSR count). The van der Waals surface area contributed by atoms with Crippen molar-refractivity contribution in [3.05, 3.63) is 58.1 Å². The second-order valence-corrected chi connectivity index (χ2v) is 8.06. The van der Waals surface area contributed by atoms with E-state index >= 15 is 0 Å². The summed E-state index contributed by atoms with van der Waals surface area (Å²) in [4.78, 5) is 15.8. The van der Waals surface area contributed by atoms with Gasteiger partial charge >= 0.3 is 0 Å².